The Morgan fingerprint density at radius 1 is 1.48 bits per heavy atom. The van der Waals surface area contributed by atoms with Crippen LogP contribution in [0, 0.1) is 5.92 Å². The molecule has 0 bridgehead atoms. The van der Waals surface area contributed by atoms with Crippen LogP contribution >= 0.6 is 11.3 Å². The molecule has 0 saturated heterocycles. The minimum absolute atomic E-state index is 0.0382. The molecule has 21 heavy (non-hydrogen) atoms. The number of rotatable bonds is 3. The van der Waals surface area contributed by atoms with Crippen LogP contribution in [0.4, 0.5) is 0 Å². The summed E-state index contributed by atoms with van der Waals surface area (Å²) in [4.78, 5) is 19.0. The Balaban J connectivity index is 2.06. The van der Waals surface area contributed by atoms with E-state index in [-0.39, 0.29) is 17.9 Å². The number of hydrogen-bond acceptors (Lipinski definition) is 5. The Hall–Kier alpha value is -1.21. The van der Waals surface area contributed by atoms with Crippen LogP contribution in [0.5, 0.6) is 0 Å². The van der Waals surface area contributed by atoms with E-state index in [2.05, 4.69) is 11.9 Å². The number of sulfone groups is 1. The van der Waals surface area contributed by atoms with E-state index in [1.54, 1.807) is 11.3 Å². The third kappa shape index (κ3) is 2.89. The molecule has 1 atom stereocenters. The summed E-state index contributed by atoms with van der Waals surface area (Å²) in [7, 11) is -3.09. The van der Waals surface area contributed by atoms with Gasteiger partial charge >= 0.3 is 0 Å². The molecular weight excluding hydrogens is 308 g/mol. The molecule has 1 unspecified atom stereocenters. The van der Waals surface area contributed by atoms with E-state index in [0.717, 1.165) is 29.7 Å². The Kier molecular flexibility index (Phi) is 3.65. The normalized spacial score (nSPS) is 18.9. The van der Waals surface area contributed by atoms with Crippen molar-refractivity contribution in [3.63, 3.8) is 0 Å². The van der Waals surface area contributed by atoms with E-state index in [9.17, 15) is 13.2 Å². The van der Waals surface area contributed by atoms with Crippen molar-refractivity contribution in [3.05, 3.63) is 27.1 Å². The molecule has 2 heterocycles. The molecular formula is C14H18N2O3S2. The van der Waals surface area contributed by atoms with Gasteiger partial charge in [-0.15, -0.1) is 11.3 Å². The first-order chi connectivity index (χ1) is 9.85. The lowest BCUT2D eigenvalue weighted by Gasteiger charge is -2.17. The van der Waals surface area contributed by atoms with Crippen LogP contribution in [0.1, 0.15) is 23.8 Å². The van der Waals surface area contributed by atoms with Gasteiger partial charge in [-0.2, -0.15) is 0 Å². The van der Waals surface area contributed by atoms with E-state index in [0.29, 0.717) is 11.3 Å². The molecule has 0 amide bonds. The number of thiophene rings is 1. The number of fused-ring (bicyclic) bond motifs is 3. The zero-order valence-corrected chi connectivity index (χ0v) is 13.8. The highest BCUT2D eigenvalue weighted by atomic mass is 32.2. The Labute approximate surface area is 127 Å². The lowest BCUT2D eigenvalue weighted by Crippen LogP contribution is -2.24. The molecule has 2 aromatic heterocycles. The second-order valence-electron chi connectivity index (χ2n) is 5.90. The fraction of sp³-hybridized carbons (Fsp3) is 0.571. The van der Waals surface area contributed by atoms with Crippen molar-refractivity contribution in [1.29, 1.82) is 0 Å². The summed E-state index contributed by atoms with van der Waals surface area (Å²) in [5.41, 5.74) is 1.04. The molecule has 1 aliphatic carbocycles. The van der Waals surface area contributed by atoms with Crippen LogP contribution in [0.3, 0.4) is 0 Å². The second kappa shape index (κ2) is 5.21. The van der Waals surface area contributed by atoms with Gasteiger partial charge < -0.3 is 0 Å². The first-order valence-electron chi connectivity index (χ1n) is 7.02. The molecule has 0 fully saturated rings. The predicted molar refractivity (Wildman–Crippen MR) is 84.8 cm³/mol. The number of nitrogens with zero attached hydrogens (tertiary/aromatic N) is 2. The third-order valence-electron chi connectivity index (χ3n) is 3.99. The molecule has 0 spiro atoms. The highest BCUT2D eigenvalue weighted by Crippen LogP contribution is 2.35. The largest absolute Gasteiger partial charge is 0.298 e. The van der Waals surface area contributed by atoms with E-state index in [4.69, 9.17) is 0 Å². The molecule has 0 aliphatic heterocycles. The number of aromatic nitrogens is 2. The maximum Gasteiger partial charge on any atom is 0.262 e. The van der Waals surface area contributed by atoms with Crippen molar-refractivity contribution in [1.82, 2.24) is 9.55 Å². The maximum atomic E-state index is 12.6. The lowest BCUT2D eigenvalue weighted by molar-refractivity contribution is 0.509. The van der Waals surface area contributed by atoms with Crippen LogP contribution < -0.4 is 5.56 Å². The highest BCUT2D eigenvalue weighted by molar-refractivity contribution is 7.90. The van der Waals surface area contributed by atoms with Crippen LogP contribution in [-0.2, 0) is 29.2 Å². The van der Waals surface area contributed by atoms with Crippen molar-refractivity contribution in [3.8, 4) is 0 Å². The summed E-state index contributed by atoms with van der Waals surface area (Å²) >= 11 is 1.61. The number of hydrogen-bond donors (Lipinski definition) is 0. The van der Waals surface area contributed by atoms with Crippen molar-refractivity contribution in [2.75, 3.05) is 12.0 Å². The van der Waals surface area contributed by atoms with E-state index >= 15 is 0 Å². The minimum atomic E-state index is -3.09. The van der Waals surface area contributed by atoms with Gasteiger partial charge in [-0.25, -0.2) is 13.4 Å². The number of aryl methyl sites for hydroxylation is 2. The summed E-state index contributed by atoms with van der Waals surface area (Å²) in [5, 5.41) is 0.706. The Bertz CT molecular complexity index is 849. The molecule has 7 heteroatoms. The minimum Gasteiger partial charge on any atom is -0.298 e. The predicted octanol–water partition coefficient (Wildman–Crippen LogP) is 1.63. The zero-order chi connectivity index (χ0) is 15.2. The van der Waals surface area contributed by atoms with Gasteiger partial charge in [0.2, 0.25) is 0 Å². The Morgan fingerprint density at radius 2 is 2.24 bits per heavy atom. The van der Waals surface area contributed by atoms with Gasteiger partial charge in [-0.1, -0.05) is 6.92 Å². The monoisotopic (exact) mass is 326 g/mol. The third-order valence-corrected chi connectivity index (χ3v) is 6.07. The SMILES string of the molecule is CC1CCc2c(sc3ncn(CCS(C)(=O)=O)c(=O)c23)C1. The lowest BCUT2D eigenvalue weighted by atomic mass is 9.89. The Morgan fingerprint density at radius 3 is 2.95 bits per heavy atom. The van der Waals surface area contributed by atoms with Gasteiger partial charge in [0.25, 0.3) is 5.56 Å². The van der Waals surface area contributed by atoms with Gasteiger partial charge in [0.05, 0.1) is 17.5 Å². The molecule has 114 valence electrons. The maximum absolute atomic E-state index is 12.6. The van der Waals surface area contributed by atoms with Crippen molar-refractivity contribution >= 4 is 31.4 Å². The summed E-state index contributed by atoms with van der Waals surface area (Å²) < 4.78 is 24.0. The first kappa shape index (κ1) is 14.7. The second-order valence-corrected chi connectivity index (χ2v) is 9.25. The standard InChI is InChI=1S/C14H18N2O3S2/c1-9-3-4-10-11(7-9)20-13-12(10)14(17)16(8-15-13)5-6-21(2,18)19/h8-9H,3-7H2,1-2H3. The van der Waals surface area contributed by atoms with Crippen LogP contribution in [-0.4, -0.2) is 30.0 Å². The molecule has 0 aromatic carbocycles. The van der Waals surface area contributed by atoms with Gasteiger partial charge in [-0.05, 0) is 30.7 Å². The summed E-state index contributed by atoms with van der Waals surface area (Å²) in [5.74, 6) is 0.613. The van der Waals surface area contributed by atoms with Crippen LogP contribution in [0.25, 0.3) is 10.2 Å². The molecule has 5 nitrogen and oxygen atoms in total. The summed E-state index contributed by atoms with van der Waals surface area (Å²) in [6.45, 7) is 2.40. The quantitative estimate of drug-likeness (QED) is 0.859. The van der Waals surface area contributed by atoms with Crippen LogP contribution in [0.15, 0.2) is 11.1 Å². The molecule has 1 aliphatic rings. The van der Waals surface area contributed by atoms with Gasteiger partial charge in [0.1, 0.15) is 14.7 Å². The van der Waals surface area contributed by atoms with Crippen molar-refractivity contribution in [2.45, 2.75) is 32.7 Å². The average molecular weight is 326 g/mol. The average Bonchev–Trinajstić information content (AvgIpc) is 2.74. The fourth-order valence-electron chi connectivity index (χ4n) is 2.79. The van der Waals surface area contributed by atoms with Crippen molar-refractivity contribution in [2.24, 2.45) is 5.92 Å². The first-order valence-corrected chi connectivity index (χ1v) is 9.90. The molecule has 3 rings (SSSR count). The molecule has 0 N–H and O–H groups in total. The van der Waals surface area contributed by atoms with Gasteiger partial charge in [0, 0.05) is 17.7 Å². The summed E-state index contributed by atoms with van der Waals surface area (Å²) in [6.07, 6.45) is 5.68. The van der Waals surface area contributed by atoms with Gasteiger partial charge in [0.15, 0.2) is 0 Å². The van der Waals surface area contributed by atoms with E-state index in [1.807, 2.05) is 0 Å². The van der Waals surface area contributed by atoms with Crippen LogP contribution in [0.2, 0.25) is 0 Å². The van der Waals surface area contributed by atoms with E-state index < -0.39 is 9.84 Å². The topological polar surface area (TPSA) is 69.0 Å². The van der Waals surface area contributed by atoms with Gasteiger partial charge in [-0.3, -0.25) is 9.36 Å². The summed E-state index contributed by atoms with van der Waals surface area (Å²) in [6, 6.07) is 0. The fourth-order valence-corrected chi connectivity index (χ4v) is 4.66. The molecule has 2 aromatic rings. The highest BCUT2D eigenvalue weighted by Gasteiger charge is 2.23. The smallest absolute Gasteiger partial charge is 0.262 e. The zero-order valence-electron chi connectivity index (χ0n) is 12.1. The molecule has 0 radical (unpaired) electrons. The molecule has 0 saturated carbocycles. The van der Waals surface area contributed by atoms with Crippen molar-refractivity contribution < 1.29 is 8.42 Å². The van der Waals surface area contributed by atoms with E-state index in [1.165, 1.54) is 22.0 Å².